The van der Waals surface area contributed by atoms with Gasteiger partial charge in [0, 0.05) is 12.6 Å². The normalized spacial score (nSPS) is 29.6. The van der Waals surface area contributed by atoms with E-state index >= 15 is 0 Å². The Bertz CT molecular complexity index is 511. The lowest BCUT2D eigenvalue weighted by atomic mass is 9.95. The Labute approximate surface area is 119 Å². The Balaban J connectivity index is 1.71. The molecule has 2 aliphatic heterocycles. The van der Waals surface area contributed by atoms with Gasteiger partial charge in [0.1, 0.15) is 17.1 Å². The third-order valence-corrected chi connectivity index (χ3v) is 4.79. The van der Waals surface area contributed by atoms with Gasteiger partial charge in [-0.05, 0) is 44.8 Å². The van der Waals surface area contributed by atoms with Gasteiger partial charge in [-0.2, -0.15) is 0 Å². The fraction of sp³-hybridized carbons (Fsp3) is 0.667. The van der Waals surface area contributed by atoms with Crippen molar-refractivity contribution in [3.8, 4) is 0 Å². The van der Waals surface area contributed by atoms with Crippen molar-refractivity contribution in [1.82, 2.24) is 10.2 Å². The smallest absolute Gasteiger partial charge is 0.341 e. The molecule has 1 aromatic heterocycles. The molecule has 5 heteroatoms. The van der Waals surface area contributed by atoms with Crippen LogP contribution in [-0.2, 0) is 11.3 Å². The number of hydrogen-bond donors (Lipinski definition) is 1. The molecular weight excluding hydrogens is 256 g/mol. The van der Waals surface area contributed by atoms with E-state index in [0.717, 1.165) is 43.8 Å². The highest BCUT2D eigenvalue weighted by atomic mass is 16.5. The van der Waals surface area contributed by atoms with E-state index in [9.17, 15) is 4.79 Å². The zero-order chi connectivity index (χ0) is 14.3. The maximum atomic E-state index is 11.6. The Morgan fingerprint density at radius 1 is 1.55 bits per heavy atom. The lowest BCUT2D eigenvalue weighted by Gasteiger charge is -2.22. The van der Waals surface area contributed by atoms with Crippen LogP contribution in [0.1, 0.15) is 28.8 Å². The molecule has 5 nitrogen and oxygen atoms in total. The highest BCUT2D eigenvalue weighted by molar-refractivity contribution is 5.90. The fourth-order valence-corrected chi connectivity index (χ4v) is 3.60. The Morgan fingerprint density at radius 2 is 2.35 bits per heavy atom. The number of carbonyl (C=O) groups excluding carboxylic acids is 1. The maximum Gasteiger partial charge on any atom is 0.341 e. The third kappa shape index (κ3) is 2.25. The van der Waals surface area contributed by atoms with E-state index in [4.69, 9.17) is 9.15 Å². The molecule has 3 unspecified atom stereocenters. The van der Waals surface area contributed by atoms with Gasteiger partial charge in [0.25, 0.3) is 0 Å². The SMILES string of the molecule is COC(=O)c1cc(CN2CC3CNCC3C2C)oc1C. The summed E-state index contributed by atoms with van der Waals surface area (Å²) < 4.78 is 10.5. The fourth-order valence-electron chi connectivity index (χ4n) is 3.60. The first-order chi connectivity index (χ1) is 9.60. The highest BCUT2D eigenvalue weighted by Gasteiger charge is 2.41. The molecule has 0 saturated carbocycles. The summed E-state index contributed by atoms with van der Waals surface area (Å²) >= 11 is 0. The van der Waals surface area contributed by atoms with Gasteiger partial charge in [0.2, 0.25) is 0 Å². The number of nitrogens with one attached hydrogen (secondary N) is 1. The van der Waals surface area contributed by atoms with Crippen molar-refractivity contribution < 1.29 is 13.9 Å². The summed E-state index contributed by atoms with van der Waals surface area (Å²) in [6, 6.07) is 2.38. The van der Waals surface area contributed by atoms with Gasteiger partial charge in [0.15, 0.2) is 0 Å². The van der Waals surface area contributed by atoms with Gasteiger partial charge in [-0.15, -0.1) is 0 Å². The van der Waals surface area contributed by atoms with Gasteiger partial charge in [-0.1, -0.05) is 0 Å². The molecule has 2 saturated heterocycles. The van der Waals surface area contributed by atoms with Crippen LogP contribution in [0.3, 0.4) is 0 Å². The van der Waals surface area contributed by atoms with Gasteiger partial charge in [-0.3, -0.25) is 4.90 Å². The van der Waals surface area contributed by atoms with Crippen LogP contribution in [0.25, 0.3) is 0 Å². The summed E-state index contributed by atoms with van der Waals surface area (Å²) in [6.07, 6.45) is 0. The second-order valence-corrected chi connectivity index (χ2v) is 5.93. The summed E-state index contributed by atoms with van der Waals surface area (Å²) in [6.45, 7) is 8.21. The molecule has 0 radical (unpaired) electrons. The first-order valence-corrected chi connectivity index (χ1v) is 7.22. The quantitative estimate of drug-likeness (QED) is 0.847. The predicted molar refractivity (Wildman–Crippen MR) is 74.5 cm³/mol. The van der Waals surface area contributed by atoms with Crippen LogP contribution < -0.4 is 5.32 Å². The number of esters is 1. The van der Waals surface area contributed by atoms with Crippen LogP contribution in [0.2, 0.25) is 0 Å². The molecule has 20 heavy (non-hydrogen) atoms. The number of rotatable bonds is 3. The number of aryl methyl sites for hydroxylation is 1. The Morgan fingerprint density at radius 3 is 3.05 bits per heavy atom. The zero-order valence-corrected chi connectivity index (χ0v) is 12.3. The molecule has 2 fully saturated rings. The summed E-state index contributed by atoms with van der Waals surface area (Å²) in [5.74, 6) is 2.66. The molecule has 0 bridgehead atoms. The second-order valence-electron chi connectivity index (χ2n) is 5.93. The van der Waals surface area contributed by atoms with Crippen molar-refractivity contribution >= 4 is 5.97 Å². The minimum atomic E-state index is -0.326. The zero-order valence-electron chi connectivity index (χ0n) is 12.3. The summed E-state index contributed by atoms with van der Waals surface area (Å²) in [4.78, 5) is 14.1. The minimum Gasteiger partial charge on any atom is -0.465 e. The number of carbonyl (C=O) groups is 1. The van der Waals surface area contributed by atoms with E-state index in [1.54, 1.807) is 0 Å². The van der Waals surface area contributed by atoms with E-state index in [-0.39, 0.29) is 5.97 Å². The van der Waals surface area contributed by atoms with Crippen LogP contribution >= 0.6 is 0 Å². The summed E-state index contributed by atoms with van der Waals surface area (Å²) in [5.41, 5.74) is 0.538. The monoisotopic (exact) mass is 278 g/mol. The first-order valence-electron chi connectivity index (χ1n) is 7.22. The van der Waals surface area contributed by atoms with Crippen molar-refractivity contribution in [1.29, 1.82) is 0 Å². The molecule has 1 N–H and O–H groups in total. The lowest BCUT2D eigenvalue weighted by molar-refractivity contribution is 0.0599. The Hall–Kier alpha value is -1.33. The maximum absolute atomic E-state index is 11.6. The van der Waals surface area contributed by atoms with E-state index < -0.39 is 0 Å². The Kier molecular flexibility index (Phi) is 3.56. The standard InChI is InChI=1S/C15H22N2O3/c1-9-14-6-16-5-11(14)7-17(9)8-12-4-13(10(2)20-12)15(18)19-3/h4,9,11,14,16H,5-8H2,1-3H3. The van der Waals surface area contributed by atoms with Crippen molar-refractivity contribution in [3.05, 3.63) is 23.2 Å². The predicted octanol–water partition coefficient (Wildman–Crippen LogP) is 1.41. The van der Waals surface area contributed by atoms with E-state index in [2.05, 4.69) is 17.1 Å². The third-order valence-electron chi connectivity index (χ3n) is 4.79. The van der Waals surface area contributed by atoms with Gasteiger partial charge >= 0.3 is 5.97 Å². The van der Waals surface area contributed by atoms with Gasteiger partial charge in [-0.25, -0.2) is 4.79 Å². The molecule has 2 aliphatic rings. The molecule has 0 aromatic carbocycles. The molecule has 3 heterocycles. The van der Waals surface area contributed by atoms with Crippen molar-refractivity contribution in [2.24, 2.45) is 11.8 Å². The van der Waals surface area contributed by atoms with Crippen molar-refractivity contribution in [3.63, 3.8) is 0 Å². The van der Waals surface area contributed by atoms with Crippen LogP contribution in [0.4, 0.5) is 0 Å². The summed E-state index contributed by atoms with van der Waals surface area (Å²) in [7, 11) is 1.39. The number of furan rings is 1. The van der Waals surface area contributed by atoms with Crippen LogP contribution in [-0.4, -0.2) is 43.7 Å². The topological polar surface area (TPSA) is 54.7 Å². The average molecular weight is 278 g/mol. The minimum absolute atomic E-state index is 0.326. The lowest BCUT2D eigenvalue weighted by Crippen LogP contribution is -2.32. The number of methoxy groups -OCH3 is 1. The molecule has 3 rings (SSSR count). The second kappa shape index (κ2) is 5.22. The van der Waals surface area contributed by atoms with Crippen LogP contribution in [0, 0.1) is 18.8 Å². The molecule has 0 spiro atoms. The van der Waals surface area contributed by atoms with Crippen molar-refractivity contribution in [2.45, 2.75) is 26.4 Å². The van der Waals surface area contributed by atoms with Crippen molar-refractivity contribution in [2.75, 3.05) is 26.7 Å². The molecule has 1 aromatic rings. The van der Waals surface area contributed by atoms with Gasteiger partial charge < -0.3 is 14.5 Å². The number of fused-ring (bicyclic) bond motifs is 1. The molecule has 110 valence electrons. The molecule has 0 amide bonds. The number of ether oxygens (including phenoxy) is 1. The molecule has 0 aliphatic carbocycles. The average Bonchev–Trinajstić information content (AvgIpc) is 3.09. The summed E-state index contributed by atoms with van der Waals surface area (Å²) in [5, 5.41) is 3.46. The van der Waals surface area contributed by atoms with Gasteiger partial charge in [0.05, 0.1) is 13.7 Å². The van der Waals surface area contributed by atoms with E-state index in [1.807, 2.05) is 13.0 Å². The van der Waals surface area contributed by atoms with Crippen LogP contribution in [0.15, 0.2) is 10.5 Å². The number of hydrogen-bond acceptors (Lipinski definition) is 5. The van der Waals surface area contributed by atoms with Crippen LogP contribution in [0.5, 0.6) is 0 Å². The number of nitrogens with zero attached hydrogens (tertiary/aromatic N) is 1. The highest BCUT2D eigenvalue weighted by Crippen LogP contribution is 2.33. The van der Waals surface area contributed by atoms with E-state index in [1.165, 1.54) is 7.11 Å². The molecule has 3 atom stereocenters. The van der Waals surface area contributed by atoms with E-state index in [0.29, 0.717) is 17.4 Å². The first kappa shape index (κ1) is 13.6. The number of likely N-dealkylation sites (tertiary alicyclic amines) is 1. The largest absolute Gasteiger partial charge is 0.465 e. The molecular formula is C15H22N2O3.